The summed E-state index contributed by atoms with van der Waals surface area (Å²) in [6.45, 7) is 5.87. The molecule has 0 aromatic heterocycles. The van der Waals surface area contributed by atoms with E-state index in [1.165, 1.54) is 11.0 Å². The maximum atomic E-state index is 13.4. The Bertz CT molecular complexity index is 413. The predicted molar refractivity (Wildman–Crippen MR) is 68.7 cm³/mol. The number of hydrogen-bond donors (Lipinski definition) is 1. The van der Waals surface area contributed by atoms with Crippen LogP contribution in [0.15, 0.2) is 24.3 Å². The van der Waals surface area contributed by atoms with E-state index in [1.54, 1.807) is 32.0 Å². The van der Waals surface area contributed by atoms with Crippen LogP contribution in [0.2, 0.25) is 0 Å². The maximum Gasteiger partial charge on any atom is 0.227 e. The molecule has 0 saturated heterocycles. The molecule has 0 bridgehead atoms. The van der Waals surface area contributed by atoms with E-state index in [4.69, 9.17) is 0 Å². The van der Waals surface area contributed by atoms with Crippen molar-refractivity contribution in [2.24, 2.45) is 0 Å². The van der Waals surface area contributed by atoms with E-state index in [1.807, 2.05) is 6.92 Å². The minimum absolute atomic E-state index is 0.0244. The molecular formula is C14H20FNO2. The Morgan fingerprint density at radius 1 is 1.39 bits per heavy atom. The summed E-state index contributed by atoms with van der Waals surface area (Å²) in [5.74, 6) is -0.546. The Labute approximate surface area is 107 Å². The van der Waals surface area contributed by atoms with E-state index < -0.39 is 5.60 Å². The Morgan fingerprint density at radius 3 is 2.50 bits per heavy atom. The lowest BCUT2D eigenvalue weighted by Crippen LogP contribution is -2.42. The number of amides is 1. The first-order chi connectivity index (χ1) is 8.33. The molecule has 0 atom stereocenters. The van der Waals surface area contributed by atoms with Gasteiger partial charge in [0.1, 0.15) is 5.82 Å². The number of carbonyl (C=O) groups excluding carboxylic acids is 1. The van der Waals surface area contributed by atoms with Gasteiger partial charge in [-0.3, -0.25) is 4.79 Å². The molecule has 1 N–H and O–H groups in total. The van der Waals surface area contributed by atoms with Crippen LogP contribution in [0, 0.1) is 5.82 Å². The van der Waals surface area contributed by atoms with Crippen LogP contribution < -0.4 is 0 Å². The fourth-order valence-electron chi connectivity index (χ4n) is 1.76. The van der Waals surface area contributed by atoms with Crippen molar-refractivity contribution in [3.63, 3.8) is 0 Å². The Morgan fingerprint density at radius 2 is 2.00 bits per heavy atom. The quantitative estimate of drug-likeness (QED) is 0.871. The molecule has 0 aliphatic carbocycles. The summed E-state index contributed by atoms with van der Waals surface area (Å²) in [4.78, 5) is 13.6. The van der Waals surface area contributed by atoms with E-state index in [-0.39, 0.29) is 24.7 Å². The second kappa shape index (κ2) is 5.96. The van der Waals surface area contributed by atoms with Gasteiger partial charge in [-0.1, -0.05) is 18.2 Å². The van der Waals surface area contributed by atoms with Gasteiger partial charge in [-0.15, -0.1) is 0 Å². The Kier molecular flexibility index (Phi) is 4.84. The molecular weight excluding hydrogens is 233 g/mol. The summed E-state index contributed by atoms with van der Waals surface area (Å²) in [6.07, 6.45) is 0.0244. The third-order valence-electron chi connectivity index (χ3n) is 2.61. The van der Waals surface area contributed by atoms with Gasteiger partial charge in [-0.05, 0) is 32.4 Å². The number of nitrogens with zero attached hydrogens (tertiary/aromatic N) is 1. The molecule has 0 heterocycles. The number of carbonyl (C=O) groups is 1. The number of hydrogen-bond acceptors (Lipinski definition) is 2. The van der Waals surface area contributed by atoms with Gasteiger partial charge in [0.05, 0.1) is 12.0 Å². The van der Waals surface area contributed by atoms with Gasteiger partial charge in [0, 0.05) is 13.1 Å². The van der Waals surface area contributed by atoms with Crippen LogP contribution in [0.4, 0.5) is 4.39 Å². The molecule has 0 radical (unpaired) electrons. The maximum absolute atomic E-state index is 13.4. The summed E-state index contributed by atoms with van der Waals surface area (Å²) < 4.78 is 13.4. The van der Waals surface area contributed by atoms with Crippen molar-refractivity contribution in [1.82, 2.24) is 4.90 Å². The van der Waals surface area contributed by atoms with Crippen molar-refractivity contribution in [2.45, 2.75) is 32.8 Å². The highest BCUT2D eigenvalue weighted by Gasteiger charge is 2.21. The second-order valence-electron chi connectivity index (χ2n) is 4.99. The summed E-state index contributed by atoms with van der Waals surface area (Å²) in [6, 6.07) is 6.25. The van der Waals surface area contributed by atoms with Gasteiger partial charge in [0.2, 0.25) is 5.91 Å². The van der Waals surface area contributed by atoms with Crippen molar-refractivity contribution >= 4 is 5.91 Å². The summed E-state index contributed by atoms with van der Waals surface area (Å²) >= 11 is 0. The normalized spacial score (nSPS) is 11.4. The van der Waals surface area contributed by atoms with Crippen molar-refractivity contribution in [3.8, 4) is 0 Å². The number of benzene rings is 1. The third kappa shape index (κ3) is 4.45. The topological polar surface area (TPSA) is 40.5 Å². The molecule has 1 aromatic rings. The molecule has 0 saturated carbocycles. The summed E-state index contributed by atoms with van der Waals surface area (Å²) in [7, 11) is 0. The largest absolute Gasteiger partial charge is 0.389 e. The van der Waals surface area contributed by atoms with Gasteiger partial charge < -0.3 is 10.0 Å². The van der Waals surface area contributed by atoms with Crippen molar-refractivity contribution in [3.05, 3.63) is 35.6 Å². The summed E-state index contributed by atoms with van der Waals surface area (Å²) in [5, 5.41) is 9.72. The van der Waals surface area contributed by atoms with Gasteiger partial charge in [-0.2, -0.15) is 0 Å². The van der Waals surface area contributed by atoms with Gasteiger partial charge in [-0.25, -0.2) is 4.39 Å². The molecule has 1 rings (SSSR count). The first-order valence-corrected chi connectivity index (χ1v) is 6.07. The van der Waals surface area contributed by atoms with Crippen LogP contribution in [0.1, 0.15) is 26.3 Å². The van der Waals surface area contributed by atoms with Crippen LogP contribution in [0.3, 0.4) is 0 Å². The van der Waals surface area contributed by atoms with Crippen LogP contribution in [-0.4, -0.2) is 34.6 Å². The average Bonchev–Trinajstić information content (AvgIpc) is 2.27. The smallest absolute Gasteiger partial charge is 0.227 e. The zero-order chi connectivity index (χ0) is 13.8. The Balaban J connectivity index is 2.72. The molecule has 0 spiro atoms. The fraction of sp³-hybridized carbons (Fsp3) is 0.500. The van der Waals surface area contributed by atoms with Gasteiger partial charge in [0.15, 0.2) is 0 Å². The molecule has 1 aromatic carbocycles. The predicted octanol–water partition coefficient (Wildman–Crippen LogP) is 1.99. The molecule has 0 aliphatic heterocycles. The van der Waals surface area contributed by atoms with Crippen LogP contribution in [-0.2, 0) is 11.2 Å². The van der Waals surface area contributed by atoms with E-state index in [9.17, 15) is 14.3 Å². The van der Waals surface area contributed by atoms with E-state index in [0.29, 0.717) is 12.1 Å². The highest BCUT2D eigenvalue weighted by atomic mass is 19.1. The van der Waals surface area contributed by atoms with Crippen molar-refractivity contribution in [2.75, 3.05) is 13.1 Å². The van der Waals surface area contributed by atoms with Gasteiger partial charge in [0.25, 0.3) is 0 Å². The highest BCUT2D eigenvalue weighted by Crippen LogP contribution is 2.11. The van der Waals surface area contributed by atoms with E-state index >= 15 is 0 Å². The van der Waals surface area contributed by atoms with Crippen LogP contribution in [0.25, 0.3) is 0 Å². The Hall–Kier alpha value is -1.42. The number of rotatable bonds is 5. The minimum atomic E-state index is -0.944. The second-order valence-corrected chi connectivity index (χ2v) is 4.99. The molecule has 4 heteroatoms. The van der Waals surface area contributed by atoms with Crippen molar-refractivity contribution < 1.29 is 14.3 Å². The number of aliphatic hydroxyl groups is 1. The van der Waals surface area contributed by atoms with Gasteiger partial charge >= 0.3 is 0 Å². The van der Waals surface area contributed by atoms with Crippen LogP contribution >= 0.6 is 0 Å². The highest BCUT2D eigenvalue weighted by molar-refractivity contribution is 5.78. The summed E-state index contributed by atoms with van der Waals surface area (Å²) in [5.41, 5.74) is -0.558. The lowest BCUT2D eigenvalue weighted by molar-refractivity contribution is -0.133. The molecule has 3 nitrogen and oxygen atoms in total. The first-order valence-electron chi connectivity index (χ1n) is 6.07. The van der Waals surface area contributed by atoms with Crippen molar-refractivity contribution in [1.29, 1.82) is 0 Å². The average molecular weight is 253 g/mol. The number of halogens is 1. The molecule has 0 aliphatic rings. The third-order valence-corrected chi connectivity index (χ3v) is 2.61. The monoisotopic (exact) mass is 253 g/mol. The minimum Gasteiger partial charge on any atom is -0.389 e. The standard InChI is InChI=1S/C14H20FNO2/c1-4-16(10-14(2,3)18)13(17)9-11-7-5-6-8-12(11)15/h5-8,18H,4,9-10H2,1-3H3. The number of likely N-dealkylation sites (N-methyl/N-ethyl adjacent to an activating group) is 1. The molecule has 1 amide bonds. The zero-order valence-electron chi connectivity index (χ0n) is 11.1. The molecule has 0 unspecified atom stereocenters. The van der Waals surface area contributed by atoms with Crippen LogP contribution in [0.5, 0.6) is 0 Å². The lowest BCUT2D eigenvalue weighted by atomic mass is 10.1. The molecule has 18 heavy (non-hydrogen) atoms. The lowest BCUT2D eigenvalue weighted by Gasteiger charge is -2.28. The SMILES string of the molecule is CCN(CC(C)(C)O)C(=O)Cc1ccccc1F. The molecule has 0 fully saturated rings. The van der Waals surface area contributed by atoms with E-state index in [2.05, 4.69) is 0 Å². The molecule has 100 valence electrons. The fourth-order valence-corrected chi connectivity index (χ4v) is 1.76. The zero-order valence-corrected chi connectivity index (χ0v) is 11.1. The first kappa shape index (κ1) is 14.6. The van der Waals surface area contributed by atoms with E-state index in [0.717, 1.165) is 0 Å².